The predicted molar refractivity (Wildman–Crippen MR) is 57.2 cm³/mol. The normalized spacial score (nSPS) is 13.7. The van der Waals surface area contributed by atoms with Crippen molar-refractivity contribution in [1.82, 2.24) is 35.5 Å². The van der Waals surface area contributed by atoms with Gasteiger partial charge in [0.2, 0.25) is 9.47 Å². The molecule has 10 nitrogen and oxygen atoms in total. The standard InChI is InChI=1S/C5H8N8O2S2/c1-2(3-7-12-13-8-3)11-17(14,15)5-10-9-4(6)16-5/h2,11H,1H3,(H2,6,9)(H,7,8,12,13). The van der Waals surface area contributed by atoms with Gasteiger partial charge in [-0.15, -0.1) is 20.4 Å². The number of H-pyrrole nitrogens is 1. The summed E-state index contributed by atoms with van der Waals surface area (Å²) in [5.41, 5.74) is 5.31. The van der Waals surface area contributed by atoms with Gasteiger partial charge in [-0.25, -0.2) is 8.42 Å². The highest BCUT2D eigenvalue weighted by atomic mass is 32.2. The molecule has 12 heteroatoms. The van der Waals surface area contributed by atoms with E-state index in [-0.39, 0.29) is 15.3 Å². The van der Waals surface area contributed by atoms with Gasteiger partial charge in [-0.3, -0.25) is 0 Å². The Morgan fingerprint density at radius 3 is 2.71 bits per heavy atom. The third-order valence-corrected chi connectivity index (χ3v) is 4.39. The van der Waals surface area contributed by atoms with E-state index in [4.69, 9.17) is 5.73 Å². The maximum atomic E-state index is 11.8. The first-order valence-corrected chi connectivity index (χ1v) is 6.63. The minimum atomic E-state index is -3.77. The van der Waals surface area contributed by atoms with Gasteiger partial charge in [0.05, 0.1) is 6.04 Å². The number of rotatable bonds is 4. The molecule has 2 heterocycles. The van der Waals surface area contributed by atoms with Gasteiger partial charge in [0, 0.05) is 0 Å². The Kier molecular flexibility index (Phi) is 2.99. The highest BCUT2D eigenvalue weighted by molar-refractivity contribution is 7.91. The lowest BCUT2D eigenvalue weighted by Crippen LogP contribution is -2.27. The first-order chi connectivity index (χ1) is 7.99. The summed E-state index contributed by atoms with van der Waals surface area (Å²) in [6, 6.07) is -0.635. The number of tetrazole rings is 1. The van der Waals surface area contributed by atoms with Gasteiger partial charge in [-0.05, 0) is 6.92 Å². The zero-order valence-corrected chi connectivity index (χ0v) is 10.2. The Bertz CT molecular complexity index is 589. The van der Waals surface area contributed by atoms with Gasteiger partial charge < -0.3 is 5.73 Å². The van der Waals surface area contributed by atoms with Crippen molar-refractivity contribution in [3.05, 3.63) is 5.82 Å². The fourth-order valence-electron chi connectivity index (χ4n) is 1.02. The number of nitrogens with zero attached hydrogens (tertiary/aromatic N) is 5. The van der Waals surface area contributed by atoms with E-state index in [1.807, 2.05) is 0 Å². The summed E-state index contributed by atoms with van der Waals surface area (Å²) in [7, 11) is -3.77. The summed E-state index contributed by atoms with van der Waals surface area (Å²) >= 11 is 0.775. The van der Waals surface area contributed by atoms with Gasteiger partial charge >= 0.3 is 0 Å². The Balaban J connectivity index is 2.18. The van der Waals surface area contributed by atoms with E-state index in [1.165, 1.54) is 0 Å². The third-order valence-electron chi connectivity index (χ3n) is 1.73. The SMILES string of the molecule is CC(NS(=O)(=O)c1nnc(N)s1)c1nn[nH]n1. The van der Waals surface area contributed by atoms with Crippen LogP contribution in [0, 0.1) is 0 Å². The van der Waals surface area contributed by atoms with Crippen LogP contribution in [0.4, 0.5) is 5.13 Å². The van der Waals surface area contributed by atoms with Crippen LogP contribution in [0.15, 0.2) is 4.34 Å². The molecular formula is C5H8N8O2S2. The van der Waals surface area contributed by atoms with Crippen molar-refractivity contribution in [2.45, 2.75) is 17.3 Å². The van der Waals surface area contributed by atoms with Crippen LogP contribution in [0.3, 0.4) is 0 Å². The van der Waals surface area contributed by atoms with Crippen molar-refractivity contribution in [2.75, 3.05) is 5.73 Å². The van der Waals surface area contributed by atoms with Crippen molar-refractivity contribution < 1.29 is 8.42 Å². The second-order valence-electron chi connectivity index (χ2n) is 3.02. The zero-order chi connectivity index (χ0) is 12.5. The first-order valence-electron chi connectivity index (χ1n) is 4.33. The largest absolute Gasteiger partial charge is 0.374 e. The number of sulfonamides is 1. The van der Waals surface area contributed by atoms with Gasteiger partial charge in [0.15, 0.2) is 5.82 Å². The molecule has 0 aromatic carbocycles. The maximum Gasteiger partial charge on any atom is 0.270 e. The average Bonchev–Trinajstić information content (AvgIpc) is 2.86. The third kappa shape index (κ3) is 2.54. The molecule has 0 aliphatic heterocycles. The molecule has 0 aliphatic rings. The van der Waals surface area contributed by atoms with Crippen LogP contribution >= 0.6 is 11.3 Å². The molecule has 0 fully saturated rings. The highest BCUT2D eigenvalue weighted by Crippen LogP contribution is 2.18. The van der Waals surface area contributed by atoms with E-state index in [0.717, 1.165) is 11.3 Å². The summed E-state index contributed by atoms with van der Waals surface area (Å²) in [6.07, 6.45) is 0. The second kappa shape index (κ2) is 4.31. The summed E-state index contributed by atoms with van der Waals surface area (Å²) in [5, 5.41) is 19.9. The van der Waals surface area contributed by atoms with Crippen LogP contribution in [0.2, 0.25) is 0 Å². The first kappa shape index (κ1) is 11.8. The van der Waals surface area contributed by atoms with Gasteiger partial charge in [-0.2, -0.15) is 9.94 Å². The summed E-state index contributed by atoms with van der Waals surface area (Å²) in [5.74, 6) is 0.228. The topological polar surface area (TPSA) is 152 Å². The van der Waals surface area contributed by atoms with Crippen molar-refractivity contribution >= 4 is 26.5 Å². The predicted octanol–water partition coefficient (Wildman–Crippen LogP) is -1.33. The Labute approximate surface area is 99.7 Å². The minimum absolute atomic E-state index is 0.0811. The fraction of sp³-hybridized carbons (Fsp3) is 0.400. The van der Waals surface area contributed by atoms with Crippen molar-refractivity contribution in [3.8, 4) is 0 Å². The number of nitrogen functional groups attached to an aromatic ring is 1. The second-order valence-corrected chi connectivity index (χ2v) is 5.92. The molecule has 4 N–H and O–H groups in total. The minimum Gasteiger partial charge on any atom is -0.374 e. The summed E-state index contributed by atoms with van der Waals surface area (Å²) in [6.45, 7) is 1.58. The van der Waals surface area contributed by atoms with Gasteiger partial charge in [0.1, 0.15) is 0 Å². The maximum absolute atomic E-state index is 11.8. The molecule has 0 radical (unpaired) electrons. The van der Waals surface area contributed by atoms with Crippen LogP contribution in [0.5, 0.6) is 0 Å². The van der Waals surface area contributed by atoms with E-state index < -0.39 is 16.1 Å². The molecule has 0 saturated carbocycles. The number of anilines is 1. The molecule has 0 bridgehead atoms. The lowest BCUT2D eigenvalue weighted by atomic mass is 10.4. The quantitative estimate of drug-likeness (QED) is 0.621. The Morgan fingerprint density at radius 1 is 1.41 bits per heavy atom. The van der Waals surface area contributed by atoms with Crippen molar-refractivity contribution in [3.63, 3.8) is 0 Å². The summed E-state index contributed by atoms with van der Waals surface area (Å²) < 4.78 is 25.7. The molecule has 2 rings (SSSR count). The van der Waals surface area contributed by atoms with E-state index in [1.54, 1.807) is 6.92 Å². The molecule has 0 aliphatic carbocycles. The molecule has 1 unspecified atom stereocenters. The molecule has 0 spiro atoms. The lowest BCUT2D eigenvalue weighted by Gasteiger charge is -2.07. The molecule has 2 aromatic heterocycles. The molecule has 92 valence electrons. The number of aromatic amines is 1. The monoisotopic (exact) mass is 276 g/mol. The molecule has 0 amide bonds. The average molecular weight is 276 g/mol. The lowest BCUT2D eigenvalue weighted by molar-refractivity contribution is 0.558. The molecule has 2 aromatic rings. The van der Waals surface area contributed by atoms with E-state index in [9.17, 15) is 8.42 Å². The zero-order valence-electron chi connectivity index (χ0n) is 8.52. The van der Waals surface area contributed by atoms with Gasteiger partial charge in [0.25, 0.3) is 10.0 Å². The summed E-state index contributed by atoms with van der Waals surface area (Å²) in [4.78, 5) is 0. The van der Waals surface area contributed by atoms with Crippen molar-refractivity contribution in [1.29, 1.82) is 0 Å². The van der Waals surface area contributed by atoms with E-state index in [0.29, 0.717) is 0 Å². The molecular weight excluding hydrogens is 268 g/mol. The van der Waals surface area contributed by atoms with Crippen LogP contribution in [-0.2, 0) is 10.0 Å². The number of nitrogens with two attached hydrogens (primary N) is 1. The van der Waals surface area contributed by atoms with Crippen LogP contribution < -0.4 is 10.5 Å². The van der Waals surface area contributed by atoms with E-state index in [2.05, 4.69) is 35.5 Å². The van der Waals surface area contributed by atoms with E-state index >= 15 is 0 Å². The Morgan fingerprint density at radius 2 is 2.18 bits per heavy atom. The number of aromatic nitrogens is 6. The van der Waals surface area contributed by atoms with Crippen LogP contribution in [-0.4, -0.2) is 39.2 Å². The van der Waals surface area contributed by atoms with Crippen LogP contribution in [0.25, 0.3) is 0 Å². The van der Waals surface area contributed by atoms with Crippen molar-refractivity contribution in [2.24, 2.45) is 0 Å². The number of hydrogen-bond donors (Lipinski definition) is 3. The van der Waals surface area contributed by atoms with Crippen LogP contribution in [0.1, 0.15) is 18.8 Å². The number of nitrogens with one attached hydrogen (secondary N) is 2. The molecule has 17 heavy (non-hydrogen) atoms. The molecule has 1 atom stereocenters. The Hall–Kier alpha value is -1.66. The highest BCUT2D eigenvalue weighted by Gasteiger charge is 2.24. The van der Waals surface area contributed by atoms with Gasteiger partial charge in [-0.1, -0.05) is 16.6 Å². The molecule has 0 saturated heterocycles. The smallest absolute Gasteiger partial charge is 0.270 e. The number of hydrogen-bond acceptors (Lipinski definition) is 9. The fourth-order valence-corrected chi connectivity index (χ4v) is 3.02.